The molecule has 0 spiro atoms. The molecule has 2 heterocycles. The molecule has 1 amide bonds. The molecule has 2 saturated carbocycles. The Kier molecular flexibility index (Phi) is 4.93. The van der Waals surface area contributed by atoms with Gasteiger partial charge in [0.15, 0.2) is 0 Å². The molecule has 1 saturated heterocycles. The van der Waals surface area contributed by atoms with Crippen molar-refractivity contribution in [3.8, 4) is 5.75 Å². The van der Waals surface area contributed by atoms with Gasteiger partial charge in [0.2, 0.25) is 5.91 Å². The molecule has 0 unspecified atom stereocenters. The maximum absolute atomic E-state index is 12.4. The molecule has 0 radical (unpaired) electrons. The van der Waals surface area contributed by atoms with Gasteiger partial charge in [-0.2, -0.15) is 0 Å². The third-order valence-corrected chi connectivity index (χ3v) is 6.16. The van der Waals surface area contributed by atoms with Gasteiger partial charge in [-0.1, -0.05) is 0 Å². The van der Waals surface area contributed by atoms with Gasteiger partial charge in [-0.05, 0) is 69.9 Å². The van der Waals surface area contributed by atoms with E-state index < -0.39 is 0 Å². The summed E-state index contributed by atoms with van der Waals surface area (Å²) in [6.45, 7) is 3.70. The van der Waals surface area contributed by atoms with Gasteiger partial charge >= 0.3 is 0 Å². The molecule has 2 aliphatic carbocycles. The molecule has 2 bridgehead atoms. The van der Waals surface area contributed by atoms with Crippen molar-refractivity contribution in [3.63, 3.8) is 0 Å². The number of fused-ring (bicyclic) bond motifs is 2. The fraction of sp³-hybridized carbons (Fsp3) is 0.700. The molecule has 3 aliphatic rings. The highest BCUT2D eigenvalue weighted by Crippen LogP contribution is 2.37. The van der Waals surface area contributed by atoms with Gasteiger partial charge in [-0.25, -0.2) is 0 Å². The summed E-state index contributed by atoms with van der Waals surface area (Å²) in [5.74, 6) is 1.94. The molecule has 0 aromatic carbocycles. The Balaban J connectivity index is 1.20. The molecule has 2 atom stereocenters. The summed E-state index contributed by atoms with van der Waals surface area (Å²) < 4.78 is 6.10. The van der Waals surface area contributed by atoms with Crippen molar-refractivity contribution in [1.82, 2.24) is 15.2 Å². The number of hydrogen-bond acceptors (Lipinski definition) is 4. The zero-order valence-electron chi connectivity index (χ0n) is 15.1. The van der Waals surface area contributed by atoms with E-state index >= 15 is 0 Å². The fourth-order valence-corrected chi connectivity index (χ4v) is 4.78. The summed E-state index contributed by atoms with van der Waals surface area (Å²) in [5, 5.41) is 3.25. The lowest BCUT2D eigenvalue weighted by atomic mass is 9.93. The first-order valence-electron chi connectivity index (χ1n) is 9.79. The average molecular weight is 343 g/mol. The van der Waals surface area contributed by atoms with Crippen LogP contribution in [-0.2, 0) is 4.79 Å². The number of hydrogen-bond donors (Lipinski definition) is 1. The van der Waals surface area contributed by atoms with Gasteiger partial charge < -0.3 is 10.1 Å². The van der Waals surface area contributed by atoms with E-state index in [9.17, 15) is 4.79 Å². The van der Waals surface area contributed by atoms with Crippen LogP contribution in [0.1, 0.15) is 50.6 Å². The molecule has 3 fully saturated rings. The van der Waals surface area contributed by atoms with Crippen LogP contribution in [0, 0.1) is 12.8 Å². The quantitative estimate of drug-likeness (QED) is 0.893. The lowest BCUT2D eigenvalue weighted by molar-refractivity contribution is -0.123. The minimum Gasteiger partial charge on any atom is -0.489 e. The maximum Gasteiger partial charge on any atom is 0.234 e. The van der Waals surface area contributed by atoms with E-state index in [-0.39, 0.29) is 12.0 Å². The number of amides is 1. The van der Waals surface area contributed by atoms with E-state index in [2.05, 4.69) is 15.2 Å². The first-order valence-corrected chi connectivity index (χ1v) is 9.79. The van der Waals surface area contributed by atoms with Crippen LogP contribution in [0.25, 0.3) is 0 Å². The summed E-state index contributed by atoms with van der Waals surface area (Å²) in [6.07, 6.45) is 9.98. The van der Waals surface area contributed by atoms with Crippen molar-refractivity contribution in [3.05, 3.63) is 24.0 Å². The molecular weight excluding hydrogens is 314 g/mol. The second-order valence-corrected chi connectivity index (χ2v) is 8.01. The van der Waals surface area contributed by atoms with E-state index in [1.54, 1.807) is 6.20 Å². The Bertz CT molecular complexity index is 613. The number of aryl methyl sites for hydroxylation is 1. The highest BCUT2D eigenvalue weighted by Gasteiger charge is 2.38. The number of aromatic nitrogens is 1. The van der Waals surface area contributed by atoms with Crippen molar-refractivity contribution in [1.29, 1.82) is 0 Å². The Morgan fingerprint density at radius 1 is 1.28 bits per heavy atom. The lowest BCUT2D eigenvalue weighted by Gasteiger charge is -2.31. The van der Waals surface area contributed by atoms with E-state index in [0.29, 0.717) is 18.6 Å². The largest absolute Gasteiger partial charge is 0.489 e. The van der Waals surface area contributed by atoms with Crippen LogP contribution >= 0.6 is 0 Å². The number of carbonyl (C=O) groups excluding carboxylic acids is 1. The van der Waals surface area contributed by atoms with Crippen molar-refractivity contribution in [2.24, 2.45) is 5.92 Å². The molecular formula is C20H29N3O2. The first-order chi connectivity index (χ1) is 12.2. The zero-order chi connectivity index (χ0) is 17.2. The Hall–Kier alpha value is -1.62. The van der Waals surface area contributed by atoms with E-state index in [0.717, 1.165) is 49.6 Å². The van der Waals surface area contributed by atoms with E-state index in [1.807, 2.05) is 19.1 Å². The van der Waals surface area contributed by atoms with Crippen LogP contribution in [0.15, 0.2) is 18.3 Å². The molecule has 1 aromatic rings. The smallest absolute Gasteiger partial charge is 0.234 e. The number of nitrogens with one attached hydrogen (secondary N) is 1. The SMILES string of the molecule is Cc1ncccc1OC1CCC(NC(=O)CN2C[C@@H]3CC[C@H]2C3)CC1. The second kappa shape index (κ2) is 7.32. The third kappa shape index (κ3) is 3.97. The van der Waals surface area contributed by atoms with Gasteiger partial charge in [0.25, 0.3) is 0 Å². The Morgan fingerprint density at radius 2 is 2.12 bits per heavy atom. The Morgan fingerprint density at radius 3 is 2.80 bits per heavy atom. The molecule has 1 aliphatic heterocycles. The Labute approximate surface area is 150 Å². The first kappa shape index (κ1) is 16.8. The van der Waals surface area contributed by atoms with Gasteiger partial charge in [-0.3, -0.25) is 14.7 Å². The standard InChI is InChI=1S/C20H29N3O2/c1-14-19(3-2-10-21-14)25-18-8-5-16(6-9-18)22-20(24)13-23-12-15-4-7-17(23)11-15/h2-3,10,15-18H,4-9,11-13H2,1H3,(H,22,24)/t15-,16?,17+,18?/m1/s1. The lowest BCUT2D eigenvalue weighted by Crippen LogP contribution is -2.46. The zero-order valence-corrected chi connectivity index (χ0v) is 15.1. The van der Waals surface area contributed by atoms with Crippen LogP contribution in [0.4, 0.5) is 0 Å². The summed E-state index contributed by atoms with van der Waals surface area (Å²) in [7, 11) is 0. The summed E-state index contributed by atoms with van der Waals surface area (Å²) in [6, 6.07) is 4.88. The van der Waals surface area contributed by atoms with Crippen LogP contribution < -0.4 is 10.1 Å². The topological polar surface area (TPSA) is 54.5 Å². The van der Waals surface area contributed by atoms with Crippen molar-refractivity contribution in [2.75, 3.05) is 13.1 Å². The monoisotopic (exact) mass is 343 g/mol. The van der Waals surface area contributed by atoms with Crippen LogP contribution in [-0.4, -0.2) is 47.1 Å². The van der Waals surface area contributed by atoms with Gasteiger partial charge in [0.05, 0.1) is 18.3 Å². The molecule has 4 rings (SSSR count). The maximum atomic E-state index is 12.4. The number of rotatable bonds is 5. The number of likely N-dealkylation sites (tertiary alicyclic amines) is 1. The highest BCUT2D eigenvalue weighted by atomic mass is 16.5. The van der Waals surface area contributed by atoms with Crippen molar-refractivity contribution >= 4 is 5.91 Å². The third-order valence-electron chi connectivity index (χ3n) is 6.16. The van der Waals surface area contributed by atoms with Gasteiger partial charge in [0, 0.05) is 24.8 Å². The van der Waals surface area contributed by atoms with E-state index in [4.69, 9.17) is 4.74 Å². The second-order valence-electron chi connectivity index (χ2n) is 8.01. The van der Waals surface area contributed by atoms with Gasteiger partial charge in [-0.15, -0.1) is 0 Å². The predicted molar refractivity (Wildman–Crippen MR) is 96.5 cm³/mol. The average Bonchev–Trinajstić information content (AvgIpc) is 3.21. The number of ether oxygens (including phenoxy) is 1. The molecule has 136 valence electrons. The molecule has 1 N–H and O–H groups in total. The minimum absolute atomic E-state index is 0.208. The summed E-state index contributed by atoms with van der Waals surface area (Å²) in [5.41, 5.74) is 0.942. The van der Waals surface area contributed by atoms with Crippen LogP contribution in [0.5, 0.6) is 5.75 Å². The number of carbonyl (C=O) groups is 1. The molecule has 5 nitrogen and oxygen atoms in total. The van der Waals surface area contributed by atoms with E-state index in [1.165, 1.54) is 19.3 Å². The summed E-state index contributed by atoms with van der Waals surface area (Å²) in [4.78, 5) is 19.0. The normalized spacial score (nSPS) is 31.9. The van der Waals surface area contributed by atoms with Crippen LogP contribution in [0.3, 0.4) is 0 Å². The molecule has 25 heavy (non-hydrogen) atoms. The highest BCUT2D eigenvalue weighted by molar-refractivity contribution is 5.78. The van der Waals surface area contributed by atoms with Crippen LogP contribution in [0.2, 0.25) is 0 Å². The van der Waals surface area contributed by atoms with Crippen molar-refractivity contribution in [2.45, 2.75) is 70.1 Å². The molecule has 5 heteroatoms. The number of pyridine rings is 1. The predicted octanol–water partition coefficient (Wildman–Crippen LogP) is 2.68. The van der Waals surface area contributed by atoms with Gasteiger partial charge in [0.1, 0.15) is 5.75 Å². The number of nitrogens with zero attached hydrogens (tertiary/aromatic N) is 2. The molecule has 1 aromatic heterocycles. The summed E-state index contributed by atoms with van der Waals surface area (Å²) >= 11 is 0. The number of piperidine rings is 1. The minimum atomic E-state index is 0.208. The van der Waals surface area contributed by atoms with Crippen molar-refractivity contribution < 1.29 is 9.53 Å². The fourth-order valence-electron chi connectivity index (χ4n) is 4.78.